The molecule has 1 N–H and O–H groups in total. The Morgan fingerprint density at radius 2 is 2.41 bits per heavy atom. The van der Waals surface area contributed by atoms with E-state index >= 15 is 0 Å². The third-order valence-corrected chi connectivity index (χ3v) is 3.64. The number of nitrogens with one attached hydrogen (secondary N) is 1. The molecule has 0 aromatic carbocycles. The molecule has 5 heteroatoms. The van der Waals surface area contributed by atoms with Gasteiger partial charge in [0, 0.05) is 12.6 Å². The maximum absolute atomic E-state index is 11.8. The molecule has 1 atom stereocenters. The topological polar surface area (TPSA) is 45.5 Å². The molecule has 2 heterocycles. The number of nitrogens with zero attached hydrogens (tertiary/aromatic N) is 1. The zero-order chi connectivity index (χ0) is 12.3. The second kappa shape index (κ2) is 5.69. The van der Waals surface area contributed by atoms with Crippen LogP contribution in [0.2, 0.25) is 0 Å². The first-order chi connectivity index (χ1) is 8.16. The Kier molecular flexibility index (Phi) is 4.23. The summed E-state index contributed by atoms with van der Waals surface area (Å²) in [7, 11) is 2.11. The van der Waals surface area contributed by atoms with E-state index < -0.39 is 0 Å². The van der Waals surface area contributed by atoms with Crippen LogP contribution < -0.4 is 5.32 Å². The largest absolute Gasteiger partial charge is 0.444 e. The zero-order valence-corrected chi connectivity index (χ0v) is 11.5. The van der Waals surface area contributed by atoms with Gasteiger partial charge >= 0.3 is 0 Å². The number of carbonyl (C=O) groups excluding carboxylic acids is 1. The van der Waals surface area contributed by atoms with Crippen LogP contribution in [0.5, 0.6) is 0 Å². The minimum Gasteiger partial charge on any atom is -0.444 e. The minimum absolute atomic E-state index is 0.144. The van der Waals surface area contributed by atoms with Crippen LogP contribution in [0.1, 0.15) is 29.8 Å². The molecule has 94 valence electrons. The molecule has 0 aliphatic carbocycles. The third-order valence-electron chi connectivity index (χ3n) is 3.22. The van der Waals surface area contributed by atoms with Gasteiger partial charge in [-0.25, -0.2) is 0 Å². The van der Waals surface area contributed by atoms with Crippen LogP contribution in [-0.2, 0) is 0 Å². The number of rotatable bonds is 3. The van der Waals surface area contributed by atoms with Gasteiger partial charge in [-0.15, -0.1) is 0 Å². The smallest absolute Gasteiger partial charge is 0.287 e. The van der Waals surface area contributed by atoms with Crippen molar-refractivity contribution in [3.05, 3.63) is 22.6 Å². The van der Waals surface area contributed by atoms with E-state index in [-0.39, 0.29) is 5.91 Å². The number of amides is 1. The van der Waals surface area contributed by atoms with Gasteiger partial charge in [0.2, 0.25) is 0 Å². The molecule has 1 saturated heterocycles. The fourth-order valence-corrected chi connectivity index (χ4v) is 2.44. The van der Waals surface area contributed by atoms with Crippen LogP contribution in [0.25, 0.3) is 0 Å². The maximum Gasteiger partial charge on any atom is 0.287 e. The highest BCUT2D eigenvalue weighted by atomic mass is 79.9. The highest BCUT2D eigenvalue weighted by molar-refractivity contribution is 9.10. The molecular weight excluding hydrogens is 284 g/mol. The number of hydrogen-bond acceptors (Lipinski definition) is 3. The average molecular weight is 301 g/mol. The van der Waals surface area contributed by atoms with Crippen LogP contribution in [-0.4, -0.2) is 37.0 Å². The van der Waals surface area contributed by atoms with E-state index in [4.69, 9.17) is 4.42 Å². The normalized spacial score (nSPS) is 21.4. The second-order valence-electron chi connectivity index (χ2n) is 4.44. The first-order valence-electron chi connectivity index (χ1n) is 5.90. The molecule has 1 fully saturated rings. The van der Waals surface area contributed by atoms with Gasteiger partial charge in [-0.1, -0.05) is 6.42 Å². The van der Waals surface area contributed by atoms with Gasteiger partial charge in [-0.05, 0) is 54.5 Å². The number of halogens is 1. The van der Waals surface area contributed by atoms with E-state index in [2.05, 4.69) is 33.2 Å². The molecular formula is C12H17BrN2O2. The van der Waals surface area contributed by atoms with Gasteiger partial charge in [0.05, 0.1) is 0 Å². The highest BCUT2D eigenvalue weighted by Crippen LogP contribution is 2.15. The molecule has 0 radical (unpaired) electrons. The summed E-state index contributed by atoms with van der Waals surface area (Å²) in [6.07, 6.45) is 3.65. The van der Waals surface area contributed by atoms with E-state index in [1.165, 1.54) is 12.8 Å². The fraction of sp³-hybridized carbons (Fsp3) is 0.583. The Labute approximate surface area is 109 Å². The van der Waals surface area contributed by atoms with Gasteiger partial charge < -0.3 is 14.6 Å². The van der Waals surface area contributed by atoms with Crippen molar-refractivity contribution in [2.45, 2.75) is 25.3 Å². The van der Waals surface area contributed by atoms with Crippen molar-refractivity contribution < 1.29 is 9.21 Å². The molecule has 0 bridgehead atoms. The summed E-state index contributed by atoms with van der Waals surface area (Å²) in [5, 5.41) is 2.92. The van der Waals surface area contributed by atoms with Crippen molar-refractivity contribution in [2.24, 2.45) is 0 Å². The lowest BCUT2D eigenvalue weighted by atomic mass is 10.0. The van der Waals surface area contributed by atoms with Gasteiger partial charge in [0.25, 0.3) is 5.91 Å². The summed E-state index contributed by atoms with van der Waals surface area (Å²) < 4.78 is 5.78. The van der Waals surface area contributed by atoms with Gasteiger partial charge in [-0.3, -0.25) is 4.79 Å². The van der Waals surface area contributed by atoms with Crippen molar-refractivity contribution in [1.29, 1.82) is 0 Å². The maximum atomic E-state index is 11.8. The van der Waals surface area contributed by atoms with E-state index in [0.717, 1.165) is 13.0 Å². The highest BCUT2D eigenvalue weighted by Gasteiger charge is 2.20. The average Bonchev–Trinajstić information content (AvgIpc) is 2.74. The molecule has 1 aromatic rings. The number of carbonyl (C=O) groups is 1. The lowest BCUT2D eigenvalue weighted by Gasteiger charge is -2.32. The van der Waals surface area contributed by atoms with Crippen molar-refractivity contribution >= 4 is 21.8 Å². The predicted octanol–water partition coefficient (Wildman–Crippen LogP) is 2.26. The second-order valence-corrected chi connectivity index (χ2v) is 5.23. The van der Waals surface area contributed by atoms with E-state index in [9.17, 15) is 4.79 Å². The standard InChI is InChI=1S/C12H17BrN2O2/c1-15-7-3-2-4-9(15)8-14-12(16)10-5-6-11(13)17-10/h5-6,9H,2-4,7-8H2,1H3,(H,14,16). The minimum atomic E-state index is -0.144. The van der Waals surface area contributed by atoms with Crippen LogP contribution in [0.15, 0.2) is 21.2 Å². The number of likely N-dealkylation sites (tertiary alicyclic amines) is 1. The zero-order valence-electron chi connectivity index (χ0n) is 9.91. The van der Waals surface area contributed by atoms with Gasteiger partial charge in [0.15, 0.2) is 10.4 Å². The van der Waals surface area contributed by atoms with E-state index in [0.29, 0.717) is 23.0 Å². The molecule has 0 saturated carbocycles. The number of piperidine rings is 1. The van der Waals surface area contributed by atoms with Gasteiger partial charge in [0.1, 0.15) is 0 Å². The monoisotopic (exact) mass is 300 g/mol. The number of likely N-dealkylation sites (N-methyl/N-ethyl adjacent to an activating group) is 1. The molecule has 2 rings (SSSR count). The van der Waals surface area contributed by atoms with Crippen molar-refractivity contribution in [1.82, 2.24) is 10.2 Å². The van der Waals surface area contributed by atoms with Crippen LogP contribution in [0.3, 0.4) is 0 Å². The third kappa shape index (κ3) is 3.33. The molecule has 1 aliphatic rings. The molecule has 0 spiro atoms. The van der Waals surface area contributed by atoms with Crippen molar-refractivity contribution in [3.63, 3.8) is 0 Å². The van der Waals surface area contributed by atoms with E-state index in [1.807, 2.05) is 0 Å². The molecule has 4 nitrogen and oxygen atoms in total. The molecule has 1 unspecified atom stereocenters. The first kappa shape index (κ1) is 12.6. The lowest BCUT2D eigenvalue weighted by Crippen LogP contribution is -2.44. The van der Waals surface area contributed by atoms with Crippen LogP contribution >= 0.6 is 15.9 Å². The summed E-state index contributed by atoms with van der Waals surface area (Å²) in [6.45, 7) is 1.81. The summed E-state index contributed by atoms with van der Waals surface area (Å²) in [5.74, 6) is 0.213. The SMILES string of the molecule is CN1CCCCC1CNC(=O)c1ccc(Br)o1. The molecule has 1 amide bonds. The number of hydrogen-bond donors (Lipinski definition) is 1. The van der Waals surface area contributed by atoms with Crippen molar-refractivity contribution in [2.75, 3.05) is 20.1 Å². The first-order valence-corrected chi connectivity index (χ1v) is 6.70. The summed E-state index contributed by atoms with van der Waals surface area (Å²) >= 11 is 3.18. The Bertz CT molecular complexity index is 392. The summed E-state index contributed by atoms with van der Waals surface area (Å²) in [4.78, 5) is 14.1. The Morgan fingerprint density at radius 1 is 1.59 bits per heavy atom. The quantitative estimate of drug-likeness (QED) is 0.931. The number of furan rings is 1. The molecule has 1 aromatic heterocycles. The Morgan fingerprint density at radius 3 is 3.06 bits per heavy atom. The fourth-order valence-electron chi connectivity index (χ4n) is 2.14. The van der Waals surface area contributed by atoms with Crippen LogP contribution in [0.4, 0.5) is 0 Å². The summed E-state index contributed by atoms with van der Waals surface area (Å²) in [5.41, 5.74) is 0. The van der Waals surface area contributed by atoms with Crippen molar-refractivity contribution in [3.8, 4) is 0 Å². The van der Waals surface area contributed by atoms with Crippen LogP contribution in [0, 0.1) is 0 Å². The lowest BCUT2D eigenvalue weighted by molar-refractivity contribution is 0.0900. The van der Waals surface area contributed by atoms with E-state index in [1.54, 1.807) is 12.1 Å². The Hall–Kier alpha value is -0.810. The summed E-state index contributed by atoms with van der Waals surface area (Å²) in [6, 6.07) is 3.84. The predicted molar refractivity (Wildman–Crippen MR) is 69.0 cm³/mol. The van der Waals surface area contributed by atoms with Gasteiger partial charge in [-0.2, -0.15) is 0 Å². The molecule has 1 aliphatic heterocycles. The Balaban J connectivity index is 1.83. The molecule has 17 heavy (non-hydrogen) atoms.